The minimum absolute atomic E-state index is 0.291. The Kier molecular flexibility index (Phi) is 6.34. The van der Waals surface area contributed by atoms with Crippen molar-refractivity contribution in [2.75, 3.05) is 34.8 Å². The van der Waals surface area contributed by atoms with Gasteiger partial charge in [-0.25, -0.2) is 14.4 Å². The number of piperazine rings is 1. The standard InChI is InChI=1S/C30H29FN6O2/c1-19-14-25(20-6-4-3-5-7-20)27(35(19)2)28(38)29(39)34-23-9-11-26-21(15-23)8-10-24-18-36(12-13-37(24)26)30-32-16-22(31)17-33-30/h3-7,9,11,14-17,24H,8,10,12-13,18H2,1-2H3,(H,34,39)/t24-/m0/s1. The van der Waals surface area contributed by atoms with E-state index < -0.39 is 17.5 Å². The first-order valence-corrected chi connectivity index (χ1v) is 13.1. The van der Waals surface area contributed by atoms with Gasteiger partial charge in [-0.15, -0.1) is 0 Å². The van der Waals surface area contributed by atoms with E-state index in [9.17, 15) is 14.0 Å². The van der Waals surface area contributed by atoms with Crippen LogP contribution in [-0.4, -0.2) is 51.9 Å². The van der Waals surface area contributed by atoms with Gasteiger partial charge in [0, 0.05) is 55.4 Å². The molecule has 0 unspecified atom stereocenters. The van der Waals surface area contributed by atoms with Crippen molar-refractivity contribution >= 4 is 29.0 Å². The topological polar surface area (TPSA) is 83.4 Å². The Bertz CT molecular complexity index is 1550. The average Bonchev–Trinajstić information content (AvgIpc) is 3.26. The molecule has 4 heterocycles. The van der Waals surface area contributed by atoms with E-state index >= 15 is 0 Å². The highest BCUT2D eigenvalue weighted by molar-refractivity contribution is 6.47. The Morgan fingerprint density at radius 1 is 1.03 bits per heavy atom. The molecule has 1 N–H and O–H groups in total. The highest BCUT2D eigenvalue weighted by atomic mass is 19.1. The minimum Gasteiger partial charge on any atom is -0.365 e. The number of fused-ring (bicyclic) bond motifs is 3. The molecule has 4 aromatic rings. The van der Waals surface area contributed by atoms with Crippen molar-refractivity contribution < 1.29 is 14.0 Å². The molecule has 0 saturated carbocycles. The summed E-state index contributed by atoms with van der Waals surface area (Å²) in [6, 6.07) is 17.7. The zero-order valence-corrected chi connectivity index (χ0v) is 21.9. The van der Waals surface area contributed by atoms with Gasteiger partial charge in [0.25, 0.3) is 11.7 Å². The lowest BCUT2D eigenvalue weighted by molar-refractivity contribution is -0.112. The first-order valence-electron chi connectivity index (χ1n) is 13.1. The lowest BCUT2D eigenvalue weighted by atomic mass is 9.93. The predicted octanol–water partition coefficient (Wildman–Crippen LogP) is 4.39. The number of halogens is 1. The Hall–Kier alpha value is -4.53. The molecule has 2 aliphatic heterocycles. The van der Waals surface area contributed by atoms with Crippen LogP contribution in [0.25, 0.3) is 11.1 Å². The molecule has 1 saturated heterocycles. The molecule has 2 aliphatic rings. The Morgan fingerprint density at radius 2 is 1.79 bits per heavy atom. The van der Waals surface area contributed by atoms with Crippen LogP contribution < -0.4 is 15.1 Å². The lowest BCUT2D eigenvalue weighted by Crippen LogP contribution is -2.55. The van der Waals surface area contributed by atoms with E-state index in [1.807, 2.05) is 61.5 Å². The maximum Gasteiger partial charge on any atom is 0.298 e. The molecule has 198 valence electrons. The van der Waals surface area contributed by atoms with Crippen molar-refractivity contribution in [3.8, 4) is 11.1 Å². The number of hydrogen-bond acceptors (Lipinski definition) is 6. The molecule has 0 aliphatic carbocycles. The maximum atomic E-state index is 13.3. The van der Waals surface area contributed by atoms with Crippen molar-refractivity contribution in [2.45, 2.75) is 25.8 Å². The van der Waals surface area contributed by atoms with Gasteiger partial charge in [0.2, 0.25) is 5.95 Å². The van der Waals surface area contributed by atoms with Crippen LogP contribution in [0.5, 0.6) is 0 Å². The number of rotatable bonds is 5. The fourth-order valence-electron chi connectivity index (χ4n) is 5.67. The third-order valence-corrected chi connectivity index (χ3v) is 7.74. The summed E-state index contributed by atoms with van der Waals surface area (Å²) in [4.78, 5) is 39.2. The minimum atomic E-state index is -0.657. The molecule has 0 radical (unpaired) electrons. The molecule has 2 aromatic carbocycles. The molecule has 8 nitrogen and oxygen atoms in total. The van der Waals surface area contributed by atoms with E-state index in [2.05, 4.69) is 25.1 Å². The van der Waals surface area contributed by atoms with Crippen LogP contribution in [0.4, 0.5) is 21.7 Å². The number of nitrogens with one attached hydrogen (secondary N) is 1. The van der Waals surface area contributed by atoms with Crippen molar-refractivity contribution in [2.24, 2.45) is 7.05 Å². The quantitative estimate of drug-likeness (QED) is 0.308. The van der Waals surface area contributed by atoms with Gasteiger partial charge in [0.05, 0.1) is 12.4 Å². The van der Waals surface area contributed by atoms with Crippen molar-refractivity contribution in [3.05, 3.63) is 89.8 Å². The maximum absolute atomic E-state index is 13.3. The summed E-state index contributed by atoms with van der Waals surface area (Å²) in [5, 5.41) is 2.83. The second-order valence-electron chi connectivity index (χ2n) is 10.1. The Morgan fingerprint density at radius 3 is 2.56 bits per heavy atom. The summed E-state index contributed by atoms with van der Waals surface area (Å²) >= 11 is 0. The largest absolute Gasteiger partial charge is 0.365 e. The molecule has 1 amide bonds. The Balaban J connectivity index is 1.18. The molecule has 39 heavy (non-hydrogen) atoms. The third-order valence-electron chi connectivity index (χ3n) is 7.74. The van der Waals surface area contributed by atoms with Gasteiger partial charge in [-0.05, 0) is 55.2 Å². The fourth-order valence-corrected chi connectivity index (χ4v) is 5.67. The number of amides is 1. The van der Waals surface area contributed by atoms with Gasteiger partial charge < -0.3 is 19.7 Å². The van der Waals surface area contributed by atoms with Crippen LogP contribution in [0.15, 0.2) is 67.0 Å². The van der Waals surface area contributed by atoms with Gasteiger partial charge >= 0.3 is 0 Å². The van der Waals surface area contributed by atoms with Crippen molar-refractivity contribution in [1.29, 1.82) is 0 Å². The second-order valence-corrected chi connectivity index (χ2v) is 10.1. The molecular formula is C30H29FN6O2. The van der Waals surface area contributed by atoms with Gasteiger partial charge in [-0.2, -0.15) is 0 Å². The first-order chi connectivity index (χ1) is 18.9. The summed E-state index contributed by atoms with van der Waals surface area (Å²) < 4.78 is 15.0. The molecule has 2 aromatic heterocycles. The van der Waals surface area contributed by atoms with Gasteiger partial charge in [0.1, 0.15) is 5.69 Å². The van der Waals surface area contributed by atoms with E-state index in [1.165, 1.54) is 12.4 Å². The number of carbonyl (C=O) groups is 2. The normalized spacial score (nSPS) is 16.4. The number of nitrogens with zero attached hydrogens (tertiary/aromatic N) is 5. The monoisotopic (exact) mass is 524 g/mol. The lowest BCUT2D eigenvalue weighted by Gasteiger charge is -2.46. The summed E-state index contributed by atoms with van der Waals surface area (Å²) in [6.07, 6.45) is 4.19. The van der Waals surface area contributed by atoms with Crippen LogP contribution >= 0.6 is 0 Å². The van der Waals surface area contributed by atoms with Crippen LogP contribution in [0.1, 0.15) is 28.2 Å². The molecule has 0 bridgehead atoms. The zero-order chi connectivity index (χ0) is 27.1. The number of ketones is 1. The molecule has 9 heteroatoms. The smallest absolute Gasteiger partial charge is 0.298 e. The Labute approximate surface area is 226 Å². The fraction of sp³-hybridized carbons (Fsp3) is 0.267. The van der Waals surface area contributed by atoms with Gasteiger partial charge in [-0.1, -0.05) is 30.3 Å². The number of carbonyl (C=O) groups excluding carboxylic acids is 2. The number of anilines is 3. The van der Waals surface area contributed by atoms with E-state index in [4.69, 9.17) is 0 Å². The van der Waals surface area contributed by atoms with E-state index in [1.54, 1.807) is 11.6 Å². The highest BCUT2D eigenvalue weighted by Gasteiger charge is 2.33. The van der Waals surface area contributed by atoms with E-state index in [0.29, 0.717) is 23.4 Å². The van der Waals surface area contributed by atoms with E-state index in [0.717, 1.165) is 60.5 Å². The number of Topliss-reactive ketones (excluding diaryl/α,β-unsaturated/α-hetero) is 1. The molecule has 0 spiro atoms. The zero-order valence-electron chi connectivity index (χ0n) is 21.9. The average molecular weight is 525 g/mol. The van der Waals surface area contributed by atoms with Gasteiger partial charge in [-0.3, -0.25) is 9.59 Å². The summed E-state index contributed by atoms with van der Waals surface area (Å²) in [6.45, 7) is 4.20. The number of aryl methyl sites for hydroxylation is 2. The van der Waals surface area contributed by atoms with Crippen LogP contribution in [0.2, 0.25) is 0 Å². The predicted molar refractivity (Wildman–Crippen MR) is 149 cm³/mol. The number of aromatic nitrogens is 3. The van der Waals surface area contributed by atoms with Crippen LogP contribution in [-0.2, 0) is 18.3 Å². The van der Waals surface area contributed by atoms with Crippen molar-refractivity contribution in [3.63, 3.8) is 0 Å². The van der Waals surface area contributed by atoms with Crippen LogP contribution in [0.3, 0.4) is 0 Å². The SMILES string of the molecule is Cc1cc(-c2ccccc2)c(C(=O)C(=O)Nc2ccc3c(c2)CC[C@H]2CN(c4ncc(F)cn4)CCN32)n1C. The highest BCUT2D eigenvalue weighted by Crippen LogP contribution is 2.35. The number of benzene rings is 2. The molecule has 1 fully saturated rings. The summed E-state index contributed by atoms with van der Waals surface area (Å²) in [5.74, 6) is -1.12. The van der Waals surface area contributed by atoms with Gasteiger partial charge in [0.15, 0.2) is 5.82 Å². The number of hydrogen-bond donors (Lipinski definition) is 1. The molecule has 6 rings (SSSR count). The second kappa shape index (κ2) is 9.98. The van der Waals surface area contributed by atoms with Crippen molar-refractivity contribution in [1.82, 2.24) is 14.5 Å². The molecule has 1 atom stereocenters. The van der Waals surface area contributed by atoms with E-state index in [-0.39, 0.29) is 0 Å². The van der Waals surface area contributed by atoms with Crippen LogP contribution in [0, 0.1) is 12.7 Å². The summed E-state index contributed by atoms with van der Waals surface area (Å²) in [7, 11) is 1.81. The third kappa shape index (κ3) is 4.65. The summed E-state index contributed by atoms with van der Waals surface area (Å²) in [5.41, 5.74) is 5.81. The molecular weight excluding hydrogens is 495 g/mol. The first kappa shape index (κ1) is 24.8.